The normalized spacial score (nSPS) is 13.0. The number of carbonyl (C=O) groups excluding carboxylic acids is 1. The molecule has 0 fully saturated rings. The molecule has 3 aromatic rings. The van der Waals surface area contributed by atoms with E-state index in [0.29, 0.717) is 51.7 Å². The van der Waals surface area contributed by atoms with E-state index in [1.165, 1.54) is 12.1 Å². The van der Waals surface area contributed by atoms with Crippen LogP contribution in [0.15, 0.2) is 41.4 Å². The fraction of sp³-hybridized carbons (Fsp3) is 0.318. The summed E-state index contributed by atoms with van der Waals surface area (Å²) in [7, 11) is -3.72. The highest BCUT2D eigenvalue weighted by atomic mass is 32.2. The molecular formula is C22H25FN2O3S. The van der Waals surface area contributed by atoms with Gasteiger partial charge in [0.1, 0.15) is 5.82 Å². The first-order chi connectivity index (χ1) is 13.7. The highest BCUT2D eigenvalue weighted by Gasteiger charge is 2.24. The van der Waals surface area contributed by atoms with Crippen molar-refractivity contribution in [1.29, 1.82) is 0 Å². The molecule has 5 nitrogen and oxygen atoms in total. The Hall–Kier alpha value is -2.51. The molecule has 0 saturated heterocycles. The van der Waals surface area contributed by atoms with E-state index < -0.39 is 15.8 Å². The number of rotatable bonds is 7. The lowest BCUT2D eigenvalue weighted by atomic mass is 10.1. The summed E-state index contributed by atoms with van der Waals surface area (Å²) in [5.74, 6) is -0.420. The molecule has 1 unspecified atom stereocenters. The van der Waals surface area contributed by atoms with E-state index in [-0.39, 0.29) is 6.04 Å². The Kier molecular flexibility index (Phi) is 5.91. The summed E-state index contributed by atoms with van der Waals surface area (Å²) >= 11 is 0. The maximum Gasteiger partial charge on any atom is 0.241 e. The molecule has 0 aliphatic heterocycles. The number of carbonyl (C=O) groups is 1. The van der Waals surface area contributed by atoms with Gasteiger partial charge in [-0.15, -0.1) is 0 Å². The number of aromatic nitrogens is 1. The Balaban J connectivity index is 1.94. The van der Waals surface area contributed by atoms with Crippen LogP contribution in [-0.2, 0) is 16.6 Å². The summed E-state index contributed by atoms with van der Waals surface area (Å²) in [6.45, 7) is 7.74. The Bertz CT molecular complexity index is 1160. The number of nitrogens with zero attached hydrogens (tertiary/aromatic N) is 1. The molecule has 1 N–H and O–H groups in total. The van der Waals surface area contributed by atoms with E-state index in [9.17, 15) is 17.6 Å². The van der Waals surface area contributed by atoms with Gasteiger partial charge in [0.15, 0.2) is 6.29 Å². The minimum absolute atomic E-state index is 0.301. The number of halogens is 1. The van der Waals surface area contributed by atoms with Crippen molar-refractivity contribution < 1.29 is 17.6 Å². The van der Waals surface area contributed by atoms with Gasteiger partial charge in [-0.2, -0.15) is 0 Å². The zero-order valence-electron chi connectivity index (χ0n) is 17.0. The molecule has 0 amide bonds. The number of sulfonamides is 1. The van der Waals surface area contributed by atoms with Crippen molar-refractivity contribution in [3.63, 3.8) is 0 Å². The Labute approximate surface area is 170 Å². The number of fused-ring (bicyclic) bond motifs is 1. The van der Waals surface area contributed by atoms with E-state index >= 15 is 0 Å². The van der Waals surface area contributed by atoms with Gasteiger partial charge in [-0.1, -0.05) is 24.6 Å². The third-order valence-corrected chi connectivity index (χ3v) is 6.93. The Morgan fingerprint density at radius 2 is 1.79 bits per heavy atom. The zero-order chi connectivity index (χ0) is 21.3. The molecule has 0 saturated carbocycles. The molecule has 1 aromatic heterocycles. The molecular weight excluding hydrogens is 391 g/mol. The first-order valence-corrected chi connectivity index (χ1v) is 11.0. The lowest BCUT2D eigenvalue weighted by Crippen LogP contribution is -2.38. The maximum absolute atomic E-state index is 13.6. The largest absolute Gasteiger partial charge is 0.345 e. The second-order valence-electron chi connectivity index (χ2n) is 7.47. The van der Waals surface area contributed by atoms with Crippen LogP contribution in [0, 0.1) is 26.6 Å². The topological polar surface area (TPSA) is 68.2 Å². The van der Waals surface area contributed by atoms with Gasteiger partial charge in [-0.05, 0) is 56.5 Å². The lowest BCUT2D eigenvalue weighted by molar-refractivity contribution is 0.112. The minimum Gasteiger partial charge on any atom is -0.345 e. The third-order valence-electron chi connectivity index (χ3n) is 5.11. The maximum atomic E-state index is 13.6. The van der Waals surface area contributed by atoms with Crippen LogP contribution in [0.2, 0.25) is 0 Å². The molecule has 1 atom stereocenters. The van der Waals surface area contributed by atoms with Crippen molar-refractivity contribution in [2.75, 3.05) is 0 Å². The van der Waals surface area contributed by atoms with Gasteiger partial charge in [0.05, 0.1) is 4.90 Å². The smallest absolute Gasteiger partial charge is 0.241 e. The minimum atomic E-state index is -3.72. The van der Waals surface area contributed by atoms with E-state index in [0.717, 1.165) is 5.56 Å². The molecule has 0 aliphatic rings. The van der Waals surface area contributed by atoms with E-state index in [4.69, 9.17) is 0 Å². The summed E-state index contributed by atoms with van der Waals surface area (Å²) in [4.78, 5) is 11.7. The Morgan fingerprint density at radius 1 is 1.14 bits per heavy atom. The van der Waals surface area contributed by atoms with Gasteiger partial charge < -0.3 is 4.57 Å². The molecule has 0 bridgehead atoms. The number of aldehydes is 1. The first-order valence-electron chi connectivity index (χ1n) is 9.50. The third kappa shape index (κ3) is 4.26. The second kappa shape index (κ2) is 8.08. The average Bonchev–Trinajstić information content (AvgIpc) is 2.96. The summed E-state index contributed by atoms with van der Waals surface area (Å²) in [5.41, 5.74) is 3.49. The highest BCUT2D eigenvalue weighted by Crippen LogP contribution is 2.24. The van der Waals surface area contributed by atoms with Crippen molar-refractivity contribution in [2.24, 2.45) is 0 Å². The zero-order valence-corrected chi connectivity index (χ0v) is 17.8. The van der Waals surface area contributed by atoms with E-state index in [1.807, 2.05) is 26.0 Å². The van der Waals surface area contributed by atoms with Gasteiger partial charge in [-0.3, -0.25) is 4.79 Å². The van der Waals surface area contributed by atoms with Gasteiger partial charge in [0.2, 0.25) is 10.0 Å². The summed E-state index contributed by atoms with van der Waals surface area (Å²) < 4.78 is 44.4. The number of aryl methyl sites for hydroxylation is 3. The first kappa shape index (κ1) is 21.2. The molecule has 2 aromatic carbocycles. The molecule has 0 spiro atoms. The molecule has 0 aliphatic carbocycles. The Morgan fingerprint density at radius 3 is 2.38 bits per heavy atom. The van der Waals surface area contributed by atoms with Crippen molar-refractivity contribution in [1.82, 2.24) is 9.29 Å². The summed E-state index contributed by atoms with van der Waals surface area (Å²) in [5, 5.41) is 0.517. The van der Waals surface area contributed by atoms with Crippen LogP contribution in [0.3, 0.4) is 0 Å². The number of hydrogen-bond acceptors (Lipinski definition) is 3. The molecule has 0 radical (unpaired) electrons. The molecule has 3 rings (SSSR count). The van der Waals surface area contributed by atoms with Gasteiger partial charge in [0, 0.05) is 35.2 Å². The monoisotopic (exact) mass is 416 g/mol. The van der Waals surface area contributed by atoms with E-state index in [2.05, 4.69) is 4.72 Å². The van der Waals surface area contributed by atoms with Crippen molar-refractivity contribution in [3.8, 4) is 0 Å². The van der Waals surface area contributed by atoms with Gasteiger partial charge in [-0.25, -0.2) is 17.5 Å². The standard InChI is InChI=1S/C22H25FN2O3S/c1-5-19(24-29(27,28)22-15(3)8-14(2)9-16(22)4)12-25-11-17(13-26)20-10-18(23)6-7-21(20)25/h6-11,13,19,24H,5,12H2,1-4H3. The predicted molar refractivity (Wildman–Crippen MR) is 112 cm³/mol. The van der Waals surface area contributed by atoms with Crippen molar-refractivity contribution >= 4 is 27.2 Å². The van der Waals surface area contributed by atoms with Crippen LogP contribution in [0.25, 0.3) is 10.9 Å². The molecule has 29 heavy (non-hydrogen) atoms. The number of nitrogens with one attached hydrogen (secondary N) is 1. The van der Waals surface area contributed by atoms with Crippen LogP contribution in [0.5, 0.6) is 0 Å². The molecule has 1 heterocycles. The summed E-state index contributed by atoms with van der Waals surface area (Å²) in [6, 6.07) is 7.57. The quantitative estimate of drug-likeness (QED) is 0.585. The van der Waals surface area contributed by atoms with Gasteiger partial charge >= 0.3 is 0 Å². The van der Waals surface area contributed by atoms with Crippen LogP contribution in [-0.4, -0.2) is 25.3 Å². The van der Waals surface area contributed by atoms with Crippen molar-refractivity contribution in [3.05, 3.63) is 64.6 Å². The van der Waals surface area contributed by atoms with Crippen LogP contribution >= 0.6 is 0 Å². The highest BCUT2D eigenvalue weighted by molar-refractivity contribution is 7.89. The van der Waals surface area contributed by atoms with Crippen LogP contribution in [0.4, 0.5) is 4.39 Å². The SMILES string of the molecule is CCC(Cn1cc(C=O)c2cc(F)ccc21)NS(=O)(=O)c1c(C)cc(C)cc1C. The van der Waals surface area contributed by atoms with Crippen LogP contribution in [0.1, 0.15) is 40.4 Å². The number of hydrogen-bond donors (Lipinski definition) is 1. The fourth-order valence-electron chi connectivity index (χ4n) is 3.90. The average molecular weight is 417 g/mol. The molecule has 154 valence electrons. The molecule has 7 heteroatoms. The van der Waals surface area contributed by atoms with Gasteiger partial charge in [0.25, 0.3) is 0 Å². The van der Waals surface area contributed by atoms with Crippen LogP contribution < -0.4 is 4.72 Å². The van der Waals surface area contributed by atoms with Crippen molar-refractivity contribution in [2.45, 2.75) is 51.6 Å². The van der Waals surface area contributed by atoms with E-state index in [1.54, 1.807) is 30.7 Å². The predicted octanol–water partition coefficient (Wildman–Crippen LogP) is 4.28. The summed E-state index contributed by atoms with van der Waals surface area (Å²) in [6.07, 6.45) is 2.87. The lowest BCUT2D eigenvalue weighted by Gasteiger charge is -2.20. The fourth-order valence-corrected chi connectivity index (χ4v) is 5.66. The second-order valence-corrected chi connectivity index (χ2v) is 9.12. The number of benzene rings is 2.